The quantitative estimate of drug-likeness (QED) is 0.431. The van der Waals surface area contributed by atoms with Gasteiger partial charge in [-0.15, -0.1) is 0 Å². The van der Waals surface area contributed by atoms with Gasteiger partial charge in [0, 0.05) is 16.6 Å². The Labute approximate surface area is 151 Å². The van der Waals surface area contributed by atoms with E-state index in [0.717, 1.165) is 4.47 Å². The third-order valence-electron chi connectivity index (χ3n) is 2.99. The van der Waals surface area contributed by atoms with E-state index < -0.39 is 10.8 Å². The highest BCUT2D eigenvalue weighted by Crippen LogP contribution is 2.29. The highest BCUT2D eigenvalue weighted by Gasteiger charge is 2.07. The predicted molar refractivity (Wildman–Crippen MR) is 95.0 cm³/mol. The zero-order valence-electron chi connectivity index (χ0n) is 13.1. The second kappa shape index (κ2) is 8.78. The molecule has 2 aromatic carbocycles. The third-order valence-corrected chi connectivity index (χ3v) is 3.48. The number of rotatable bonds is 7. The van der Waals surface area contributed by atoms with Gasteiger partial charge in [-0.05, 0) is 35.9 Å². The van der Waals surface area contributed by atoms with E-state index in [-0.39, 0.29) is 12.3 Å². The van der Waals surface area contributed by atoms with Crippen molar-refractivity contribution in [2.45, 2.75) is 0 Å². The first kappa shape index (κ1) is 18.4. The topological polar surface area (TPSA) is 103 Å². The van der Waals surface area contributed by atoms with Crippen LogP contribution in [0.1, 0.15) is 5.56 Å². The second-order valence-electron chi connectivity index (χ2n) is 4.73. The van der Waals surface area contributed by atoms with Gasteiger partial charge in [-0.1, -0.05) is 15.9 Å². The zero-order valence-corrected chi connectivity index (χ0v) is 14.7. The van der Waals surface area contributed by atoms with Gasteiger partial charge in [0.1, 0.15) is 0 Å². The largest absolute Gasteiger partial charge is 0.493 e. The Hall–Kier alpha value is -2.94. The van der Waals surface area contributed by atoms with Crippen molar-refractivity contribution in [3.05, 3.63) is 62.6 Å². The number of non-ortho nitro benzene ring substituents is 1. The first-order valence-corrected chi connectivity index (χ1v) is 7.81. The van der Waals surface area contributed by atoms with Gasteiger partial charge in [0.25, 0.3) is 11.6 Å². The number of amides is 1. The van der Waals surface area contributed by atoms with E-state index in [1.165, 1.54) is 37.6 Å². The van der Waals surface area contributed by atoms with Crippen LogP contribution in [0.3, 0.4) is 0 Å². The van der Waals surface area contributed by atoms with Crippen molar-refractivity contribution in [2.75, 3.05) is 13.7 Å². The summed E-state index contributed by atoms with van der Waals surface area (Å²) in [6.45, 7) is -0.240. The molecule has 0 atom stereocenters. The summed E-state index contributed by atoms with van der Waals surface area (Å²) in [6, 6.07) is 10.9. The van der Waals surface area contributed by atoms with Crippen LogP contribution in [0.4, 0.5) is 5.69 Å². The van der Waals surface area contributed by atoms with Crippen LogP contribution in [-0.2, 0) is 4.79 Å². The maximum atomic E-state index is 11.7. The maximum absolute atomic E-state index is 11.7. The minimum absolute atomic E-state index is 0.0157. The van der Waals surface area contributed by atoms with Gasteiger partial charge in [0.15, 0.2) is 18.1 Å². The number of nitrogens with zero attached hydrogens (tertiary/aromatic N) is 2. The standard InChI is InChI=1S/C16H14BrN3O5/c1-24-15-8-12(17)4-7-14(15)25-10-16(21)19-18-9-11-2-5-13(6-3-11)20(22)23/h2-9H,10H2,1H3,(H,19,21)/b18-9-. The van der Waals surface area contributed by atoms with Crippen LogP contribution in [0.2, 0.25) is 0 Å². The monoisotopic (exact) mass is 407 g/mol. The number of nitro groups is 1. The van der Waals surface area contributed by atoms with Crippen molar-refractivity contribution in [1.29, 1.82) is 0 Å². The first-order chi connectivity index (χ1) is 12.0. The number of carbonyl (C=O) groups is 1. The maximum Gasteiger partial charge on any atom is 0.277 e. The van der Waals surface area contributed by atoms with Gasteiger partial charge in [-0.3, -0.25) is 14.9 Å². The van der Waals surface area contributed by atoms with Crippen LogP contribution in [-0.4, -0.2) is 30.8 Å². The number of hydrazone groups is 1. The number of nitro benzene ring substituents is 1. The molecule has 0 aliphatic rings. The average molecular weight is 408 g/mol. The Bertz CT molecular complexity index is 793. The number of ether oxygens (including phenoxy) is 2. The first-order valence-electron chi connectivity index (χ1n) is 7.02. The summed E-state index contributed by atoms with van der Waals surface area (Å²) in [5.41, 5.74) is 2.91. The van der Waals surface area contributed by atoms with E-state index >= 15 is 0 Å². The van der Waals surface area contributed by atoms with Gasteiger partial charge in [0.2, 0.25) is 0 Å². The molecule has 25 heavy (non-hydrogen) atoms. The second-order valence-corrected chi connectivity index (χ2v) is 5.64. The van der Waals surface area contributed by atoms with Crippen molar-refractivity contribution >= 4 is 33.7 Å². The molecule has 0 fully saturated rings. The minimum atomic E-state index is -0.490. The lowest BCUT2D eigenvalue weighted by Crippen LogP contribution is -2.24. The number of nitrogens with one attached hydrogen (secondary N) is 1. The van der Waals surface area contributed by atoms with Crippen LogP contribution in [0.5, 0.6) is 11.5 Å². The molecule has 9 heteroatoms. The molecular formula is C16H14BrN3O5. The molecule has 0 aromatic heterocycles. The minimum Gasteiger partial charge on any atom is -0.493 e. The molecule has 0 saturated heterocycles. The summed E-state index contributed by atoms with van der Waals surface area (Å²) in [6.07, 6.45) is 1.38. The highest BCUT2D eigenvalue weighted by atomic mass is 79.9. The number of methoxy groups -OCH3 is 1. The van der Waals surface area contributed by atoms with Gasteiger partial charge < -0.3 is 9.47 Å². The lowest BCUT2D eigenvalue weighted by Gasteiger charge is -2.10. The molecule has 8 nitrogen and oxygen atoms in total. The van der Waals surface area contributed by atoms with Crippen molar-refractivity contribution in [1.82, 2.24) is 5.43 Å². The summed E-state index contributed by atoms with van der Waals surface area (Å²) in [7, 11) is 1.50. The lowest BCUT2D eigenvalue weighted by atomic mass is 10.2. The van der Waals surface area contributed by atoms with Crippen molar-refractivity contribution < 1.29 is 19.2 Å². The van der Waals surface area contributed by atoms with E-state index in [1.54, 1.807) is 18.2 Å². The van der Waals surface area contributed by atoms with Crippen LogP contribution in [0.25, 0.3) is 0 Å². The molecule has 0 saturated carbocycles. The highest BCUT2D eigenvalue weighted by molar-refractivity contribution is 9.10. The molecular weight excluding hydrogens is 394 g/mol. The smallest absolute Gasteiger partial charge is 0.277 e. The third kappa shape index (κ3) is 5.57. The molecule has 0 aliphatic carbocycles. The van der Waals surface area contributed by atoms with Crippen LogP contribution in [0, 0.1) is 10.1 Å². The molecule has 0 radical (unpaired) electrons. The summed E-state index contributed by atoms with van der Waals surface area (Å²) >= 11 is 3.31. The van der Waals surface area contributed by atoms with Crippen molar-refractivity contribution in [3.8, 4) is 11.5 Å². The Kier molecular flexibility index (Phi) is 6.47. The molecule has 0 aliphatic heterocycles. The van der Waals surface area contributed by atoms with E-state index in [0.29, 0.717) is 17.1 Å². The molecule has 0 spiro atoms. The fourth-order valence-electron chi connectivity index (χ4n) is 1.80. The summed E-state index contributed by atoms with van der Waals surface area (Å²) in [4.78, 5) is 21.8. The van der Waals surface area contributed by atoms with Gasteiger partial charge >= 0.3 is 0 Å². The van der Waals surface area contributed by atoms with Crippen molar-refractivity contribution in [3.63, 3.8) is 0 Å². The molecule has 1 N–H and O–H groups in total. The molecule has 0 heterocycles. The molecule has 2 rings (SSSR count). The fourth-order valence-corrected chi connectivity index (χ4v) is 2.14. The van der Waals surface area contributed by atoms with E-state index in [4.69, 9.17) is 9.47 Å². The van der Waals surface area contributed by atoms with Crippen molar-refractivity contribution in [2.24, 2.45) is 5.10 Å². The van der Waals surface area contributed by atoms with E-state index in [9.17, 15) is 14.9 Å². The molecule has 0 unspecified atom stereocenters. The van der Waals surface area contributed by atoms with Gasteiger partial charge in [-0.2, -0.15) is 5.10 Å². The Morgan fingerprint density at radius 2 is 2.00 bits per heavy atom. The zero-order chi connectivity index (χ0) is 18.2. The van der Waals surface area contributed by atoms with Gasteiger partial charge in [0.05, 0.1) is 18.2 Å². The number of hydrogen-bond donors (Lipinski definition) is 1. The molecule has 2 aromatic rings. The molecule has 1 amide bonds. The number of halogens is 1. The van der Waals surface area contributed by atoms with Crippen LogP contribution < -0.4 is 14.9 Å². The van der Waals surface area contributed by atoms with Crippen LogP contribution in [0.15, 0.2) is 52.0 Å². The number of benzene rings is 2. The predicted octanol–water partition coefficient (Wildman–Crippen LogP) is 2.90. The molecule has 130 valence electrons. The Balaban J connectivity index is 1.85. The number of hydrogen-bond acceptors (Lipinski definition) is 6. The van der Waals surface area contributed by atoms with E-state index in [1.807, 2.05) is 0 Å². The summed E-state index contributed by atoms with van der Waals surface area (Å²) < 4.78 is 11.4. The average Bonchev–Trinajstić information content (AvgIpc) is 2.61. The lowest BCUT2D eigenvalue weighted by molar-refractivity contribution is -0.384. The Morgan fingerprint density at radius 1 is 1.28 bits per heavy atom. The summed E-state index contributed by atoms with van der Waals surface area (Å²) in [5, 5.41) is 14.3. The summed E-state index contributed by atoms with van der Waals surface area (Å²) in [5.74, 6) is 0.472. The number of carbonyl (C=O) groups excluding carboxylic acids is 1. The molecule has 0 bridgehead atoms. The Morgan fingerprint density at radius 3 is 2.64 bits per heavy atom. The fraction of sp³-hybridized carbons (Fsp3) is 0.125. The van der Waals surface area contributed by atoms with E-state index in [2.05, 4.69) is 26.5 Å². The normalized spacial score (nSPS) is 10.5. The SMILES string of the molecule is COc1cc(Br)ccc1OCC(=O)N/N=C\c1ccc([N+](=O)[O-])cc1. The van der Waals surface area contributed by atoms with Gasteiger partial charge in [-0.25, -0.2) is 5.43 Å². The van der Waals surface area contributed by atoms with Crippen LogP contribution >= 0.6 is 15.9 Å².